The Kier molecular flexibility index (Phi) is 4.13. The lowest BCUT2D eigenvalue weighted by molar-refractivity contribution is 0.204. The van der Waals surface area contributed by atoms with E-state index in [-0.39, 0.29) is 18.2 Å². The Balaban J connectivity index is 2.77. The van der Waals surface area contributed by atoms with Gasteiger partial charge in [-0.1, -0.05) is 6.07 Å². The molecule has 5 nitrogen and oxygen atoms in total. The second-order valence-electron chi connectivity index (χ2n) is 2.69. The lowest BCUT2D eigenvalue weighted by Gasteiger charge is -2.04. The van der Waals surface area contributed by atoms with Gasteiger partial charge in [-0.15, -0.1) is 0 Å². The predicted molar refractivity (Wildman–Crippen MR) is 51.3 cm³/mol. The number of halogens is 1. The highest BCUT2D eigenvalue weighted by Crippen LogP contribution is 2.04. The molecule has 0 aliphatic carbocycles. The Bertz CT molecular complexity index is 422. The van der Waals surface area contributed by atoms with Crippen LogP contribution in [0.2, 0.25) is 0 Å². The molecule has 0 aromatic carbocycles. The first-order valence-electron chi connectivity index (χ1n) is 4.17. The van der Waals surface area contributed by atoms with E-state index in [0.717, 1.165) is 6.07 Å². The molecule has 1 aromatic rings. The minimum absolute atomic E-state index is 0.122. The average Bonchev–Trinajstić information content (AvgIpc) is 2.18. The van der Waals surface area contributed by atoms with E-state index in [1.54, 1.807) is 0 Å². The van der Waals surface area contributed by atoms with Crippen molar-refractivity contribution in [3.8, 4) is 0 Å². The number of nitrogens with one attached hydrogen (secondary N) is 1. The summed E-state index contributed by atoms with van der Waals surface area (Å²) in [7, 11) is -2.28. The Labute approximate surface area is 87.3 Å². The molecule has 84 valence electrons. The van der Waals surface area contributed by atoms with Crippen molar-refractivity contribution >= 4 is 10.0 Å². The molecule has 0 saturated carbocycles. The van der Waals surface area contributed by atoms with Gasteiger partial charge in [0, 0.05) is 13.7 Å². The molecular formula is C8H11FN2O3S. The van der Waals surface area contributed by atoms with Crippen molar-refractivity contribution in [2.45, 2.75) is 5.03 Å². The van der Waals surface area contributed by atoms with Crippen molar-refractivity contribution < 1.29 is 17.5 Å². The van der Waals surface area contributed by atoms with E-state index in [9.17, 15) is 12.8 Å². The maximum atomic E-state index is 12.7. The van der Waals surface area contributed by atoms with Gasteiger partial charge < -0.3 is 4.74 Å². The molecule has 1 N–H and O–H groups in total. The lowest BCUT2D eigenvalue weighted by atomic mass is 10.5. The number of pyridine rings is 1. The van der Waals surface area contributed by atoms with E-state index in [2.05, 4.69) is 14.4 Å². The maximum Gasteiger partial charge on any atom is 0.258 e. The highest BCUT2D eigenvalue weighted by molar-refractivity contribution is 7.89. The zero-order valence-corrected chi connectivity index (χ0v) is 8.92. The van der Waals surface area contributed by atoms with Crippen molar-refractivity contribution in [3.05, 3.63) is 24.1 Å². The van der Waals surface area contributed by atoms with Crippen LogP contribution in [-0.2, 0) is 14.8 Å². The summed E-state index contributed by atoms with van der Waals surface area (Å²) < 4.78 is 42.5. The smallest absolute Gasteiger partial charge is 0.258 e. The standard InChI is InChI=1S/C8H11FN2O3S/c1-14-6-5-10-15(12,13)8-4-2-3-7(9)11-8/h2-4,10H,5-6H2,1H3. The second-order valence-corrected chi connectivity index (χ2v) is 4.40. The van der Waals surface area contributed by atoms with Crippen LogP contribution in [0.3, 0.4) is 0 Å². The Morgan fingerprint density at radius 3 is 2.87 bits per heavy atom. The summed E-state index contributed by atoms with van der Waals surface area (Å²) in [5, 5.41) is -0.335. The van der Waals surface area contributed by atoms with Gasteiger partial charge in [0.15, 0.2) is 5.03 Å². The first-order valence-corrected chi connectivity index (χ1v) is 5.66. The van der Waals surface area contributed by atoms with E-state index in [1.807, 2.05) is 0 Å². The van der Waals surface area contributed by atoms with Crippen LogP contribution in [0.5, 0.6) is 0 Å². The van der Waals surface area contributed by atoms with Crippen LogP contribution in [0, 0.1) is 5.95 Å². The first-order chi connectivity index (χ1) is 7.06. The molecule has 0 radical (unpaired) electrons. The molecule has 0 aliphatic heterocycles. The zero-order valence-electron chi connectivity index (χ0n) is 8.10. The molecule has 0 saturated heterocycles. The zero-order chi connectivity index (χ0) is 11.3. The number of sulfonamides is 1. The monoisotopic (exact) mass is 234 g/mol. The summed E-state index contributed by atoms with van der Waals surface area (Å²) in [4.78, 5) is 3.27. The molecule has 0 unspecified atom stereocenters. The van der Waals surface area contributed by atoms with Crippen LogP contribution in [-0.4, -0.2) is 33.7 Å². The van der Waals surface area contributed by atoms with Gasteiger partial charge >= 0.3 is 0 Å². The van der Waals surface area contributed by atoms with Crippen molar-refractivity contribution in [2.24, 2.45) is 0 Å². The fraction of sp³-hybridized carbons (Fsp3) is 0.375. The van der Waals surface area contributed by atoms with E-state index in [0.29, 0.717) is 0 Å². The fourth-order valence-electron chi connectivity index (χ4n) is 0.891. The van der Waals surface area contributed by atoms with Gasteiger partial charge in [0.25, 0.3) is 10.0 Å². The Hall–Kier alpha value is -1.05. The SMILES string of the molecule is COCCNS(=O)(=O)c1cccc(F)n1. The van der Waals surface area contributed by atoms with Crippen molar-refractivity contribution in [2.75, 3.05) is 20.3 Å². The van der Waals surface area contributed by atoms with Crippen LogP contribution >= 0.6 is 0 Å². The number of ether oxygens (including phenoxy) is 1. The molecule has 0 bridgehead atoms. The maximum absolute atomic E-state index is 12.7. The predicted octanol–water partition coefficient (Wildman–Crippen LogP) is 0.145. The minimum Gasteiger partial charge on any atom is -0.383 e. The molecule has 0 aliphatic rings. The molecule has 0 fully saturated rings. The normalized spacial score (nSPS) is 11.6. The minimum atomic E-state index is -3.74. The number of nitrogens with zero attached hydrogens (tertiary/aromatic N) is 1. The van der Waals surface area contributed by atoms with Gasteiger partial charge in [-0.3, -0.25) is 0 Å². The largest absolute Gasteiger partial charge is 0.383 e. The number of rotatable bonds is 5. The van der Waals surface area contributed by atoms with Crippen LogP contribution in [0.1, 0.15) is 0 Å². The molecule has 1 heterocycles. The molecular weight excluding hydrogens is 223 g/mol. The molecule has 0 atom stereocenters. The van der Waals surface area contributed by atoms with Gasteiger partial charge in [0.05, 0.1) is 6.61 Å². The van der Waals surface area contributed by atoms with E-state index in [1.165, 1.54) is 19.2 Å². The average molecular weight is 234 g/mol. The van der Waals surface area contributed by atoms with Crippen molar-refractivity contribution in [3.63, 3.8) is 0 Å². The summed E-state index contributed by atoms with van der Waals surface area (Å²) in [6.07, 6.45) is 0. The molecule has 7 heteroatoms. The molecule has 1 aromatic heterocycles. The second kappa shape index (κ2) is 5.15. The number of hydrogen-bond acceptors (Lipinski definition) is 4. The number of methoxy groups -OCH3 is 1. The topological polar surface area (TPSA) is 68.3 Å². The Morgan fingerprint density at radius 2 is 2.27 bits per heavy atom. The summed E-state index contributed by atoms with van der Waals surface area (Å²) in [5.74, 6) is -0.829. The third-order valence-corrected chi connectivity index (χ3v) is 2.93. The molecule has 0 amide bonds. The van der Waals surface area contributed by atoms with Crippen molar-refractivity contribution in [1.29, 1.82) is 0 Å². The third kappa shape index (κ3) is 3.54. The first kappa shape index (κ1) is 12.0. The number of hydrogen-bond donors (Lipinski definition) is 1. The van der Waals surface area contributed by atoms with E-state index in [4.69, 9.17) is 0 Å². The Morgan fingerprint density at radius 1 is 1.53 bits per heavy atom. The van der Waals surface area contributed by atoms with Crippen molar-refractivity contribution in [1.82, 2.24) is 9.71 Å². The third-order valence-electron chi connectivity index (χ3n) is 1.56. The van der Waals surface area contributed by atoms with Crippen LogP contribution < -0.4 is 4.72 Å². The highest BCUT2D eigenvalue weighted by Gasteiger charge is 2.15. The molecule has 15 heavy (non-hydrogen) atoms. The molecule has 0 spiro atoms. The van der Waals surface area contributed by atoms with Gasteiger partial charge in [0.1, 0.15) is 0 Å². The van der Waals surface area contributed by atoms with Gasteiger partial charge in [-0.25, -0.2) is 18.1 Å². The highest BCUT2D eigenvalue weighted by atomic mass is 32.2. The number of aromatic nitrogens is 1. The van der Waals surface area contributed by atoms with Crippen LogP contribution in [0.25, 0.3) is 0 Å². The lowest BCUT2D eigenvalue weighted by Crippen LogP contribution is -2.28. The summed E-state index contributed by atoms with van der Waals surface area (Å²) in [6.45, 7) is 0.367. The van der Waals surface area contributed by atoms with Gasteiger partial charge in [-0.05, 0) is 12.1 Å². The molecule has 1 rings (SSSR count). The van der Waals surface area contributed by atoms with E-state index >= 15 is 0 Å². The quantitative estimate of drug-likeness (QED) is 0.581. The van der Waals surface area contributed by atoms with Gasteiger partial charge in [-0.2, -0.15) is 4.39 Å². The summed E-state index contributed by atoms with van der Waals surface area (Å²) in [6, 6.07) is 3.58. The summed E-state index contributed by atoms with van der Waals surface area (Å²) >= 11 is 0. The van der Waals surface area contributed by atoms with Crippen LogP contribution in [0.15, 0.2) is 23.2 Å². The van der Waals surface area contributed by atoms with Gasteiger partial charge in [0.2, 0.25) is 5.95 Å². The fourth-order valence-corrected chi connectivity index (χ4v) is 1.86. The summed E-state index contributed by atoms with van der Waals surface area (Å²) in [5.41, 5.74) is 0. The van der Waals surface area contributed by atoms with E-state index < -0.39 is 16.0 Å². The van der Waals surface area contributed by atoms with Crippen LogP contribution in [0.4, 0.5) is 4.39 Å².